The minimum atomic E-state index is -1.35. The van der Waals surface area contributed by atoms with Gasteiger partial charge in [0.15, 0.2) is 6.10 Å². The van der Waals surface area contributed by atoms with E-state index in [-0.39, 0.29) is 0 Å². The predicted molar refractivity (Wildman–Crippen MR) is 116 cm³/mol. The number of hydrogen-bond donors (Lipinski definition) is 0. The zero-order chi connectivity index (χ0) is 22.0. The summed E-state index contributed by atoms with van der Waals surface area (Å²) in [6.07, 6.45) is -0.800. The molecule has 0 aliphatic heterocycles. The minimum Gasteiger partial charge on any atom is -0.546 e. The number of carbonyl (C=O) groups excluding carboxylic acids is 1. The quantitative estimate of drug-likeness (QED) is 0.448. The number of benzene rings is 3. The van der Waals surface area contributed by atoms with E-state index in [4.69, 9.17) is 9.15 Å². The van der Waals surface area contributed by atoms with Crippen LogP contribution in [0.4, 0.5) is 0 Å². The van der Waals surface area contributed by atoms with Crippen LogP contribution in [0.3, 0.4) is 0 Å². The standard InChI is InChI=1S/C26H22O5/c1-16-20-13-14-22(30-24(25(27)28)19-11-7-4-8-12-19)17(2)23(20)31-26(29)21(16)15-18-9-5-3-6-10-18/h3-14,24H,15H2,1-2H3,(H,27,28)/p-1/t24-/m1/s1. The molecule has 4 aromatic rings. The number of ether oxygens (including phenoxy) is 1. The maximum absolute atomic E-state index is 12.8. The third-order valence-corrected chi connectivity index (χ3v) is 5.44. The summed E-state index contributed by atoms with van der Waals surface area (Å²) in [7, 11) is 0. The highest BCUT2D eigenvalue weighted by Gasteiger charge is 2.19. The van der Waals surface area contributed by atoms with E-state index in [9.17, 15) is 14.7 Å². The molecule has 0 amide bonds. The Kier molecular flexibility index (Phi) is 5.58. The van der Waals surface area contributed by atoms with Gasteiger partial charge in [-0.25, -0.2) is 4.79 Å². The van der Waals surface area contributed by atoms with Crippen LogP contribution in [-0.4, -0.2) is 5.97 Å². The summed E-state index contributed by atoms with van der Waals surface area (Å²) in [6.45, 7) is 3.64. The zero-order valence-corrected chi connectivity index (χ0v) is 17.3. The van der Waals surface area contributed by atoms with Crippen LogP contribution in [-0.2, 0) is 11.2 Å². The fraction of sp³-hybridized carbons (Fsp3) is 0.154. The molecule has 1 aromatic heterocycles. The molecule has 0 aliphatic rings. The third kappa shape index (κ3) is 4.08. The number of carboxylic acids is 1. The van der Waals surface area contributed by atoms with Crippen molar-refractivity contribution in [1.82, 2.24) is 0 Å². The van der Waals surface area contributed by atoms with E-state index in [0.29, 0.717) is 34.4 Å². The average molecular weight is 413 g/mol. The molecule has 0 N–H and O–H groups in total. The van der Waals surface area contributed by atoms with Gasteiger partial charge in [0.1, 0.15) is 11.3 Å². The molecule has 31 heavy (non-hydrogen) atoms. The third-order valence-electron chi connectivity index (χ3n) is 5.44. The van der Waals surface area contributed by atoms with E-state index < -0.39 is 17.7 Å². The van der Waals surface area contributed by atoms with Gasteiger partial charge in [0.2, 0.25) is 0 Å². The van der Waals surface area contributed by atoms with E-state index in [1.807, 2.05) is 37.3 Å². The SMILES string of the molecule is Cc1c(Cc2ccccc2)c(=O)oc2c(C)c(O[C@@H](C(=O)[O-])c3ccccc3)ccc12. The van der Waals surface area contributed by atoms with E-state index in [1.54, 1.807) is 49.4 Å². The van der Waals surface area contributed by atoms with Crippen LogP contribution in [0.2, 0.25) is 0 Å². The molecule has 156 valence electrons. The van der Waals surface area contributed by atoms with Crippen LogP contribution >= 0.6 is 0 Å². The molecular formula is C26H21O5-. The van der Waals surface area contributed by atoms with Crippen molar-refractivity contribution < 1.29 is 19.1 Å². The molecule has 0 fully saturated rings. The fourth-order valence-electron chi connectivity index (χ4n) is 3.71. The van der Waals surface area contributed by atoms with Gasteiger partial charge in [-0.2, -0.15) is 0 Å². The van der Waals surface area contributed by atoms with Gasteiger partial charge in [-0.05, 0) is 42.7 Å². The first-order valence-electron chi connectivity index (χ1n) is 9.98. The highest BCUT2D eigenvalue weighted by molar-refractivity contribution is 5.86. The van der Waals surface area contributed by atoms with E-state index in [2.05, 4.69) is 0 Å². The number of rotatable bonds is 6. The first kappa shape index (κ1) is 20.4. The van der Waals surface area contributed by atoms with Gasteiger partial charge in [-0.15, -0.1) is 0 Å². The molecule has 0 saturated carbocycles. The molecule has 1 atom stereocenters. The molecule has 1 heterocycles. The maximum atomic E-state index is 12.8. The van der Waals surface area contributed by atoms with Gasteiger partial charge in [0.25, 0.3) is 0 Å². The van der Waals surface area contributed by atoms with Gasteiger partial charge >= 0.3 is 5.63 Å². The second-order valence-electron chi connectivity index (χ2n) is 7.45. The van der Waals surface area contributed by atoms with Crippen molar-refractivity contribution in [1.29, 1.82) is 0 Å². The van der Waals surface area contributed by atoms with Crippen LogP contribution < -0.4 is 15.5 Å². The molecule has 0 spiro atoms. The second kappa shape index (κ2) is 8.48. The summed E-state index contributed by atoms with van der Waals surface area (Å²) < 4.78 is 11.4. The van der Waals surface area contributed by atoms with Crippen LogP contribution in [0, 0.1) is 13.8 Å². The summed E-state index contributed by atoms with van der Waals surface area (Å²) >= 11 is 0. The second-order valence-corrected chi connectivity index (χ2v) is 7.45. The first-order valence-corrected chi connectivity index (χ1v) is 9.98. The van der Waals surface area contributed by atoms with Crippen molar-refractivity contribution in [2.75, 3.05) is 0 Å². The molecule has 0 unspecified atom stereocenters. The smallest absolute Gasteiger partial charge is 0.340 e. The van der Waals surface area contributed by atoms with E-state index in [0.717, 1.165) is 16.5 Å². The Labute approximate surface area is 179 Å². The summed E-state index contributed by atoms with van der Waals surface area (Å²) in [5.41, 5.74) is 3.47. The summed E-state index contributed by atoms with van der Waals surface area (Å²) in [4.78, 5) is 24.5. The lowest BCUT2D eigenvalue weighted by Crippen LogP contribution is -2.33. The van der Waals surface area contributed by atoms with Crippen LogP contribution in [0.25, 0.3) is 11.0 Å². The zero-order valence-electron chi connectivity index (χ0n) is 17.3. The van der Waals surface area contributed by atoms with E-state index in [1.165, 1.54) is 0 Å². The average Bonchev–Trinajstić information content (AvgIpc) is 2.78. The lowest BCUT2D eigenvalue weighted by molar-refractivity contribution is -0.314. The Morgan fingerprint density at radius 3 is 2.23 bits per heavy atom. The maximum Gasteiger partial charge on any atom is 0.340 e. The number of carbonyl (C=O) groups is 1. The Morgan fingerprint density at radius 2 is 1.58 bits per heavy atom. The lowest BCUT2D eigenvalue weighted by Gasteiger charge is -2.22. The Hall–Kier alpha value is -3.86. The van der Waals surface area contributed by atoms with Crippen molar-refractivity contribution in [3.8, 4) is 5.75 Å². The highest BCUT2D eigenvalue weighted by Crippen LogP contribution is 2.32. The number of aryl methyl sites for hydroxylation is 2. The topological polar surface area (TPSA) is 79.6 Å². The number of hydrogen-bond acceptors (Lipinski definition) is 5. The minimum absolute atomic E-state index is 0.323. The van der Waals surface area contributed by atoms with Gasteiger partial charge in [-0.3, -0.25) is 0 Å². The van der Waals surface area contributed by atoms with Crippen molar-refractivity contribution >= 4 is 16.9 Å². The van der Waals surface area contributed by atoms with Gasteiger partial charge in [0.05, 0.1) is 5.97 Å². The molecule has 0 bridgehead atoms. The molecule has 4 rings (SSSR count). The van der Waals surface area contributed by atoms with Gasteiger partial charge in [0, 0.05) is 22.9 Å². The fourth-order valence-corrected chi connectivity index (χ4v) is 3.71. The van der Waals surface area contributed by atoms with Crippen LogP contribution in [0.1, 0.15) is 33.9 Å². The van der Waals surface area contributed by atoms with Crippen molar-refractivity contribution in [3.05, 3.63) is 111 Å². The molecule has 3 aromatic carbocycles. The van der Waals surface area contributed by atoms with Crippen LogP contribution in [0.5, 0.6) is 5.75 Å². The number of carboxylic acid groups (broad SMARTS) is 1. The summed E-state index contributed by atoms with van der Waals surface area (Å²) in [5.74, 6) is -1.02. The molecule has 5 nitrogen and oxygen atoms in total. The molecule has 0 saturated heterocycles. The van der Waals surface area contributed by atoms with E-state index >= 15 is 0 Å². The summed E-state index contributed by atoms with van der Waals surface area (Å²) in [6, 6.07) is 21.8. The van der Waals surface area contributed by atoms with Gasteiger partial charge in [-0.1, -0.05) is 60.7 Å². The Balaban J connectivity index is 1.75. The molecule has 0 aliphatic carbocycles. The van der Waals surface area contributed by atoms with Crippen molar-refractivity contribution in [3.63, 3.8) is 0 Å². The monoisotopic (exact) mass is 413 g/mol. The largest absolute Gasteiger partial charge is 0.546 e. The highest BCUT2D eigenvalue weighted by atomic mass is 16.5. The lowest BCUT2D eigenvalue weighted by atomic mass is 9.98. The normalized spacial score (nSPS) is 11.9. The Bertz CT molecular complexity index is 1290. The van der Waals surface area contributed by atoms with Crippen LogP contribution in [0.15, 0.2) is 82.0 Å². The first-order chi connectivity index (χ1) is 15.0. The molecule has 0 radical (unpaired) electrons. The number of aliphatic carboxylic acids is 1. The Morgan fingerprint density at radius 1 is 0.935 bits per heavy atom. The molecule has 5 heteroatoms. The molecular weight excluding hydrogens is 392 g/mol. The van der Waals surface area contributed by atoms with Crippen molar-refractivity contribution in [2.24, 2.45) is 0 Å². The number of fused-ring (bicyclic) bond motifs is 1. The van der Waals surface area contributed by atoms with Crippen molar-refractivity contribution in [2.45, 2.75) is 26.4 Å². The van der Waals surface area contributed by atoms with Gasteiger partial charge < -0.3 is 19.1 Å². The summed E-state index contributed by atoms with van der Waals surface area (Å²) in [5, 5.41) is 12.5. The predicted octanol–water partition coefficient (Wildman–Crippen LogP) is 3.87.